The number of pyridine rings is 1. The van der Waals surface area contributed by atoms with Gasteiger partial charge in [-0.2, -0.15) is 9.78 Å². The van der Waals surface area contributed by atoms with E-state index in [9.17, 15) is 4.79 Å². The number of hydrogen-bond donors (Lipinski definition) is 1. The standard InChI is InChI=1S/C19H19ClN4O2/c20-18-17(22-9-13-2-1-7-26-12-13)11-23-24(19(18)25)16-4-3-15-10-21-6-5-14(15)8-16/h3-6,8,10-11,13,22H,1-2,7,9,12H2/t13-/m1/s1. The summed E-state index contributed by atoms with van der Waals surface area (Å²) in [6.07, 6.45) is 7.28. The molecule has 4 rings (SSSR count). The average Bonchev–Trinajstić information content (AvgIpc) is 2.69. The molecule has 0 bridgehead atoms. The van der Waals surface area contributed by atoms with E-state index < -0.39 is 0 Å². The Kier molecular flexibility index (Phi) is 4.86. The van der Waals surface area contributed by atoms with Gasteiger partial charge in [-0.05, 0) is 42.3 Å². The van der Waals surface area contributed by atoms with Crippen molar-refractivity contribution in [1.29, 1.82) is 0 Å². The Hall–Kier alpha value is -2.44. The molecule has 1 N–H and O–H groups in total. The average molecular weight is 371 g/mol. The predicted molar refractivity (Wildman–Crippen MR) is 102 cm³/mol. The molecule has 6 nitrogen and oxygen atoms in total. The summed E-state index contributed by atoms with van der Waals surface area (Å²) in [4.78, 5) is 16.8. The molecular formula is C19H19ClN4O2. The van der Waals surface area contributed by atoms with Crippen molar-refractivity contribution >= 4 is 28.1 Å². The third-order valence-electron chi connectivity index (χ3n) is 4.62. The molecule has 134 valence electrons. The van der Waals surface area contributed by atoms with Gasteiger partial charge >= 0.3 is 0 Å². The summed E-state index contributed by atoms with van der Waals surface area (Å²) in [5.41, 5.74) is 0.885. The van der Waals surface area contributed by atoms with Crippen molar-refractivity contribution in [3.8, 4) is 5.69 Å². The predicted octanol–water partition coefficient (Wildman–Crippen LogP) is 3.27. The minimum absolute atomic E-state index is 0.145. The lowest BCUT2D eigenvalue weighted by Gasteiger charge is -2.22. The Labute approximate surface area is 155 Å². The monoisotopic (exact) mass is 370 g/mol. The summed E-state index contributed by atoms with van der Waals surface area (Å²) < 4.78 is 6.79. The van der Waals surface area contributed by atoms with Gasteiger partial charge in [0.05, 0.1) is 24.2 Å². The number of hydrogen-bond acceptors (Lipinski definition) is 5. The molecule has 0 aliphatic carbocycles. The minimum Gasteiger partial charge on any atom is -0.382 e. The molecule has 1 aliphatic heterocycles. The van der Waals surface area contributed by atoms with E-state index in [4.69, 9.17) is 16.3 Å². The summed E-state index contributed by atoms with van der Waals surface area (Å²) in [6.45, 7) is 2.28. The number of anilines is 1. The van der Waals surface area contributed by atoms with E-state index in [-0.39, 0.29) is 10.6 Å². The molecule has 0 unspecified atom stereocenters. The number of halogens is 1. The Morgan fingerprint density at radius 2 is 2.19 bits per heavy atom. The third-order valence-corrected chi connectivity index (χ3v) is 4.99. The fourth-order valence-electron chi connectivity index (χ4n) is 3.17. The Balaban J connectivity index is 1.59. The van der Waals surface area contributed by atoms with Crippen LogP contribution in [0.1, 0.15) is 12.8 Å². The molecule has 1 fully saturated rings. The first kappa shape index (κ1) is 17.0. The van der Waals surface area contributed by atoms with Gasteiger partial charge in [0.25, 0.3) is 5.56 Å². The molecule has 3 heterocycles. The van der Waals surface area contributed by atoms with Gasteiger partial charge in [0.1, 0.15) is 5.02 Å². The van der Waals surface area contributed by atoms with Gasteiger partial charge in [-0.1, -0.05) is 17.7 Å². The molecule has 1 saturated heterocycles. The largest absolute Gasteiger partial charge is 0.382 e. The third kappa shape index (κ3) is 3.43. The van der Waals surface area contributed by atoms with Crippen LogP contribution in [0.25, 0.3) is 16.5 Å². The van der Waals surface area contributed by atoms with Gasteiger partial charge < -0.3 is 10.1 Å². The Bertz CT molecular complexity index is 983. The Morgan fingerprint density at radius 3 is 3.04 bits per heavy atom. The summed E-state index contributed by atoms with van der Waals surface area (Å²) in [5.74, 6) is 0.427. The fourth-order valence-corrected chi connectivity index (χ4v) is 3.36. The zero-order valence-corrected chi connectivity index (χ0v) is 14.9. The summed E-state index contributed by atoms with van der Waals surface area (Å²) in [5, 5.41) is 9.66. The van der Waals surface area contributed by atoms with E-state index in [2.05, 4.69) is 15.4 Å². The van der Waals surface area contributed by atoms with Crippen LogP contribution < -0.4 is 10.9 Å². The van der Waals surface area contributed by atoms with Gasteiger partial charge in [0, 0.05) is 30.9 Å². The van der Waals surface area contributed by atoms with Crippen LogP contribution in [-0.4, -0.2) is 34.5 Å². The molecule has 0 amide bonds. The molecule has 7 heteroatoms. The van der Waals surface area contributed by atoms with Crippen LogP contribution in [0.2, 0.25) is 5.02 Å². The maximum Gasteiger partial charge on any atom is 0.292 e. The van der Waals surface area contributed by atoms with Crippen LogP contribution in [-0.2, 0) is 4.74 Å². The molecule has 1 atom stereocenters. The highest BCUT2D eigenvalue weighted by Crippen LogP contribution is 2.21. The fraction of sp³-hybridized carbons (Fsp3) is 0.316. The van der Waals surface area contributed by atoms with Gasteiger partial charge in [-0.25, -0.2) is 0 Å². The SMILES string of the molecule is O=c1c(Cl)c(NC[C@H]2CCCOC2)cnn1-c1ccc2cnccc2c1. The van der Waals surface area contributed by atoms with Crippen LogP contribution in [0, 0.1) is 5.92 Å². The van der Waals surface area contributed by atoms with Crippen molar-refractivity contribution in [3.63, 3.8) is 0 Å². The molecule has 0 saturated carbocycles. The maximum atomic E-state index is 12.7. The van der Waals surface area contributed by atoms with E-state index in [1.165, 1.54) is 4.68 Å². The zero-order valence-electron chi connectivity index (χ0n) is 14.2. The first-order chi connectivity index (χ1) is 12.7. The van der Waals surface area contributed by atoms with Crippen molar-refractivity contribution in [2.24, 2.45) is 5.92 Å². The number of fused-ring (bicyclic) bond motifs is 1. The smallest absolute Gasteiger partial charge is 0.292 e. The second-order valence-electron chi connectivity index (χ2n) is 6.46. The van der Waals surface area contributed by atoms with Gasteiger partial charge in [-0.15, -0.1) is 0 Å². The van der Waals surface area contributed by atoms with Crippen LogP contribution in [0.15, 0.2) is 47.7 Å². The van der Waals surface area contributed by atoms with Crippen LogP contribution >= 0.6 is 11.6 Å². The zero-order chi connectivity index (χ0) is 17.9. The van der Waals surface area contributed by atoms with Crippen LogP contribution in [0.4, 0.5) is 5.69 Å². The second-order valence-corrected chi connectivity index (χ2v) is 6.84. The van der Waals surface area contributed by atoms with E-state index in [1.807, 2.05) is 24.3 Å². The minimum atomic E-state index is -0.343. The quantitative estimate of drug-likeness (QED) is 0.763. The van der Waals surface area contributed by atoms with E-state index >= 15 is 0 Å². The maximum absolute atomic E-state index is 12.7. The second kappa shape index (κ2) is 7.43. The first-order valence-corrected chi connectivity index (χ1v) is 9.04. The lowest BCUT2D eigenvalue weighted by molar-refractivity contribution is 0.0595. The molecular weight excluding hydrogens is 352 g/mol. The van der Waals surface area contributed by atoms with Crippen LogP contribution in [0.5, 0.6) is 0 Å². The normalized spacial score (nSPS) is 17.3. The number of nitrogens with zero attached hydrogens (tertiary/aromatic N) is 3. The van der Waals surface area contributed by atoms with E-state index in [1.54, 1.807) is 18.6 Å². The van der Waals surface area contributed by atoms with E-state index in [0.717, 1.165) is 36.8 Å². The van der Waals surface area contributed by atoms with Crippen molar-refractivity contribution in [3.05, 3.63) is 58.2 Å². The van der Waals surface area contributed by atoms with Crippen molar-refractivity contribution in [2.45, 2.75) is 12.8 Å². The van der Waals surface area contributed by atoms with Crippen LogP contribution in [0.3, 0.4) is 0 Å². The molecule has 3 aromatic rings. The highest BCUT2D eigenvalue weighted by atomic mass is 35.5. The lowest BCUT2D eigenvalue weighted by atomic mass is 10.0. The molecule has 26 heavy (non-hydrogen) atoms. The lowest BCUT2D eigenvalue weighted by Crippen LogP contribution is -2.26. The highest BCUT2D eigenvalue weighted by molar-refractivity contribution is 6.32. The topological polar surface area (TPSA) is 69.0 Å². The molecule has 0 radical (unpaired) electrons. The Morgan fingerprint density at radius 1 is 1.27 bits per heavy atom. The molecule has 0 spiro atoms. The molecule has 1 aliphatic rings. The van der Waals surface area contributed by atoms with E-state index in [0.29, 0.717) is 23.8 Å². The van der Waals surface area contributed by atoms with Gasteiger partial charge in [0.2, 0.25) is 0 Å². The number of benzene rings is 1. The summed E-state index contributed by atoms with van der Waals surface area (Å²) in [6, 6.07) is 7.54. The summed E-state index contributed by atoms with van der Waals surface area (Å²) >= 11 is 6.31. The van der Waals surface area contributed by atoms with Crippen molar-refractivity contribution < 1.29 is 4.74 Å². The number of rotatable bonds is 4. The summed E-state index contributed by atoms with van der Waals surface area (Å²) in [7, 11) is 0. The highest BCUT2D eigenvalue weighted by Gasteiger charge is 2.16. The molecule has 1 aromatic carbocycles. The van der Waals surface area contributed by atoms with Crippen molar-refractivity contribution in [2.75, 3.05) is 25.1 Å². The van der Waals surface area contributed by atoms with Crippen molar-refractivity contribution in [1.82, 2.24) is 14.8 Å². The number of ether oxygens (including phenoxy) is 1. The van der Waals surface area contributed by atoms with Gasteiger partial charge in [-0.3, -0.25) is 9.78 Å². The number of aromatic nitrogens is 3. The number of nitrogens with one attached hydrogen (secondary N) is 1. The first-order valence-electron chi connectivity index (χ1n) is 8.66. The van der Waals surface area contributed by atoms with Gasteiger partial charge in [0.15, 0.2) is 0 Å². The molecule has 2 aromatic heterocycles.